The lowest BCUT2D eigenvalue weighted by atomic mass is 9.97. The molecule has 318 valence electrons. The number of nitrogens with zero attached hydrogens (tertiary/aromatic N) is 8. The number of allylic oxidation sites excluding steroid dienone is 2. The van der Waals surface area contributed by atoms with Crippen LogP contribution >= 0.6 is 0 Å². The summed E-state index contributed by atoms with van der Waals surface area (Å²) < 4.78 is 7.55. The third kappa shape index (κ3) is 8.37. The summed E-state index contributed by atoms with van der Waals surface area (Å²) >= 11 is 0. The Morgan fingerprint density at radius 1 is 0.852 bits per heavy atom. The predicted octanol–water partition coefficient (Wildman–Crippen LogP) is 6.31. The van der Waals surface area contributed by atoms with Crippen molar-refractivity contribution in [3.8, 4) is 11.5 Å². The summed E-state index contributed by atoms with van der Waals surface area (Å²) in [6, 6.07) is 10.6. The normalized spacial score (nSPS) is 17.4. The maximum absolute atomic E-state index is 12.6. The summed E-state index contributed by atoms with van der Waals surface area (Å²) in [4.78, 5) is 58.5. The first kappa shape index (κ1) is 41.4. The number of carbonyl (C=O) groups excluding carboxylic acids is 2. The number of pyridine rings is 2. The van der Waals surface area contributed by atoms with E-state index in [1.807, 2.05) is 13.1 Å². The molecule has 2 aliphatic carbocycles. The minimum absolute atomic E-state index is 0.227. The molecule has 6 aromatic heterocycles. The number of rotatable bonds is 7. The zero-order chi connectivity index (χ0) is 42.7. The molecule has 1 amide bonds. The third-order valence-corrected chi connectivity index (χ3v) is 12.6. The van der Waals surface area contributed by atoms with E-state index in [0.717, 1.165) is 111 Å². The molecule has 61 heavy (non-hydrogen) atoms. The van der Waals surface area contributed by atoms with Gasteiger partial charge >= 0.3 is 0 Å². The fraction of sp³-hybridized carbons (Fsp3) is 0.435. The molecule has 6 bridgehead atoms. The van der Waals surface area contributed by atoms with E-state index in [9.17, 15) is 29.4 Å². The molecule has 2 fully saturated rings. The number of aryl methyl sites for hydroxylation is 2. The number of carbonyl (C=O) groups is 2. The van der Waals surface area contributed by atoms with E-state index in [1.165, 1.54) is 24.9 Å². The fourth-order valence-corrected chi connectivity index (χ4v) is 9.50. The van der Waals surface area contributed by atoms with Gasteiger partial charge in [-0.2, -0.15) is 10.2 Å². The minimum atomic E-state index is -0.731. The summed E-state index contributed by atoms with van der Waals surface area (Å²) in [5.74, 6) is -1.89. The summed E-state index contributed by atoms with van der Waals surface area (Å²) in [5.41, 5.74) is 1.64. The quantitative estimate of drug-likeness (QED) is 0.121. The molecular weight excluding hydrogens is 775 g/mol. The molecule has 10 rings (SSSR count). The van der Waals surface area contributed by atoms with Crippen molar-refractivity contribution in [1.29, 1.82) is 0 Å². The van der Waals surface area contributed by atoms with Gasteiger partial charge in [0.15, 0.2) is 28.7 Å². The fourth-order valence-electron chi connectivity index (χ4n) is 9.50. The van der Waals surface area contributed by atoms with Gasteiger partial charge in [-0.05, 0) is 101 Å². The van der Waals surface area contributed by atoms with Crippen LogP contribution in [0.25, 0.3) is 22.1 Å². The van der Waals surface area contributed by atoms with Crippen molar-refractivity contribution in [3.05, 3.63) is 117 Å². The van der Waals surface area contributed by atoms with Crippen LogP contribution in [0.5, 0.6) is 11.5 Å². The van der Waals surface area contributed by atoms with E-state index in [0.29, 0.717) is 19.6 Å². The van der Waals surface area contributed by atoms with Crippen molar-refractivity contribution in [1.82, 2.24) is 44.0 Å². The second-order valence-electron chi connectivity index (χ2n) is 16.9. The van der Waals surface area contributed by atoms with E-state index < -0.39 is 34.0 Å². The summed E-state index contributed by atoms with van der Waals surface area (Å²) in [7, 11) is 0. The molecule has 0 atom stereocenters. The molecule has 4 aliphatic rings. The Bertz CT molecular complexity index is 2750. The standard InChI is InChI=1S/C24H28N4O3.C22H25N5O3/c1-3-4-5-8-19-10-9-18-11-14-28(23(18)25-19)24(12-6-7-13-24)16-27-15-20(30)22(31)21(26-27)17(2)29;28-17-13-26-14-22(7-2-3-8-22)27-10-6-16-11-15(12-24-20(16)27)5-1-4-9-23-21(30)18(25-26)19(17)29/h3-4,9-11,14-15,30H,5-8,12-13,16H2,1-2H3;6,10-13,28H,1-5,7-9,14H2,(H,23,30)/b4-3+;. The van der Waals surface area contributed by atoms with E-state index in [1.54, 1.807) is 9.36 Å². The maximum Gasteiger partial charge on any atom is 0.275 e. The zero-order valence-electron chi connectivity index (χ0n) is 34.8. The Morgan fingerprint density at radius 3 is 2.36 bits per heavy atom. The lowest BCUT2D eigenvalue weighted by Crippen LogP contribution is -2.38. The molecule has 15 heteroatoms. The molecule has 2 aliphatic heterocycles. The van der Waals surface area contributed by atoms with Gasteiger partial charge in [-0.1, -0.05) is 37.8 Å². The van der Waals surface area contributed by atoms with Crippen LogP contribution in [0.2, 0.25) is 0 Å². The van der Waals surface area contributed by atoms with Crippen LogP contribution in [0.3, 0.4) is 0 Å². The number of aromatic nitrogens is 8. The number of aromatic hydroxyl groups is 2. The van der Waals surface area contributed by atoms with Crippen LogP contribution in [-0.2, 0) is 37.0 Å². The van der Waals surface area contributed by atoms with Crippen molar-refractivity contribution in [2.45, 2.75) is 121 Å². The molecule has 1 spiro atoms. The van der Waals surface area contributed by atoms with Crippen molar-refractivity contribution in [2.75, 3.05) is 6.54 Å². The number of amides is 1. The zero-order valence-corrected chi connectivity index (χ0v) is 34.8. The van der Waals surface area contributed by atoms with Gasteiger partial charge in [0.05, 0.1) is 36.6 Å². The van der Waals surface area contributed by atoms with Gasteiger partial charge in [0.1, 0.15) is 11.3 Å². The Kier molecular flexibility index (Phi) is 11.7. The van der Waals surface area contributed by atoms with Gasteiger partial charge in [-0.3, -0.25) is 28.5 Å². The average Bonchev–Trinajstić information content (AvgIpc) is 4.08. The van der Waals surface area contributed by atoms with Gasteiger partial charge in [0.25, 0.3) is 16.8 Å². The van der Waals surface area contributed by atoms with Crippen molar-refractivity contribution < 1.29 is 19.8 Å². The second-order valence-corrected chi connectivity index (χ2v) is 16.9. The first-order valence-corrected chi connectivity index (χ1v) is 21.4. The molecule has 3 N–H and O–H groups in total. The number of Topliss-reactive ketones (excluding diaryl/α,β-unsaturated/α-hetero) is 1. The molecule has 15 nitrogen and oxygen atoms in total. The first-order chi connectivity index (χ1) is 29.5. The maximum atomic E-state index is 12.6. The summed E-state index contributed by atoms with van der Waals surface area (Å²) in [5, 5.41) is 33.8. The van der Waals surface area contributed by atoms with Crippen molar-refractivity contribution in [2.24, 2.45) is 0 Å². The SMILES string of the molecule is C/C=C/CCc1ccc2ccn(C3(Cn4cc(O)c(=O)c(C(C)=O)n4)CCCC3)c2n1.O=C1NCCCCc2cnc3c(ccn3C3(CCCC3)Cn3cc(O)c(=O)c1n3)c2. The number of nitrogens with one attached hydrogen (secondary N) is 1. The highest BCUT2D eigenvalue weighted by molar-refractivity contribution is 5.92. The molecule has 8 heterocycles. The van der Waals surface area contributed by atoms with Gasteiger partial charge < -0.3 is 24.7 Å². The monoisotopic (exact) mass is 827 g/mol. The van der Waals surface area contributed by atoms with Gasteiger partial charge in [0.2, 0.25) is 0 Å². The van der Waals surface area contributed by atoms with Gasteiger partial charge in [0, 0.05) is 48.5 Å². The molecular formula is C46H53N9O6. The smallest absolute Gasteiger partial charge is 0.275 e. The largest absolute Gasteiger partial charge is 0.503 e. The number of hydrogen-bond acceptors (Lipinski definition) is 10. The first-order valence-electron chi connectivity index (χ1n) is 21.4. The lowest BCUT2D eigenvalue weighted by molar-refractivity contribution is 0.0941. The highest BCUT2D eigenvalue weighted by atomic mass is 16.3. The Labute approximate surface area is 352 Å². The lowest BCUT2D eigenvalue weighted by Gasteiger charge is -2.32. The van der Waals surface area contributed by atoms with Gasteiger partial charge in [-0.25, -0.2) is 9.97 Å². The predicted molar refractivity (Wildman–Crippen MR) is 231 cm³/mol. The molecule has 0 saturated heterocycles. The van der Waals surface area contributed by atoms with E-state index in [2.05, 4.69) is 79.5 Å². The molecule has 0 aromatic carbocycles. The summed E-state index contributed by atoms with van der Waals surface area (Å²) in [6.45, 7) is 4.67. The number of fused-ring (bicyclic) bond motifs is 7. The average molecular weight is 828 g/mol. The van der Waals surface area contributed by atoms with Crippen molar-refractivity contribution >= 4 is 33.8 Å². The van der Waals surface area contributed by atoms with Crippen LogP contribution in [-0.4, -0.2) is 67.1 Å². The number of ketones is 1. The molecule has 6 aromatic rings. The topological polar surface area (TPSA) is 192 Å². The Morgan fingerprint density at radius 2 is 1.59 bits per heavy atom. The van der Waals surface area contributed by atoms with Crippen LogP contribution in [0.15, 0.2) is 83.1 Å². The third-order valence-electron chi connectivity index (χ3n) is 12.6. The second kappa shape index (κ2) is 17.3. The highest BCUT2D eigenvalue weighted by Crippen LogP contribution is 2.41. The van der Waals surface area contributed by atoms with Crippen LogP contribution in [0.4, 0.5) is 0 Å². The van der Waals surface area contributed by atoms with Crippen LogP contribution in [0, 0.1) is 0 Å². The molecule has 2 saturated carbocycles. The molecule has 0 radical (unpaired) electrons. The van der Waals surface area contributed by atoms with E-state index in [4.69, 9.17) is 9.97 Å². The summed E-state index contributed by atoms with van der Waals surface area (Å²) in [6.07, 6.45) is 25.4. The van der Waals surface area contributed by atoms with Crippen LogP contribution < -0.4 is 16.2 Å². The van der Waals surface area contributed by atoms with E-state index >= 15 is 0 Å². The molecule has 0 unspecified atom stereocenters. The number of hydrogen-bond donors (Lipinski definition) is 3. The minimum Gasteiger partial charge on any atom is -0.503 e. The highest BCUT2D eigenvalue weighted by Gasteiger charge is 2.39. The van der Waals surface area contributed by atoms with E-state index in [-0.39, 0.29) is 22.5 Å². The van der Waals surface area contributed by atoms with Gasteiger partial charge in [-0.15, -0.1) is 0 Å². The Balaban J connectivity index is 0.000000168. The van der Waals surface area contributed by atoms with Crippen molar-refractivity contribution in [3.63, 3.8) is 0 Å². The van der Waals surface area contributed by atoms with Crippen LogP contribution in [0.1, 0.15) is 117 Å². The Hall–Kier alpha value is -6.38.